The van der Waals surface area contributed by atoms with Crippen molar-refractivity contribution in [1.29, 1.82) is 0 Å². The fourth-order valence-electron chi connectivity index (χ4n) is 1.16. The maximum Gasteiger partial charge on any atom is 0.181 e. The molecule has 0 radical (unpaired) electrons. The first-order chi connectivity index (χ1) is 7.22. The van der Waals surface area contributed by atoms with E-state index < -0.39 is 0 Å². The molecule has 1 N–H and O–H groups in total. The summed E-state index contributed by atoms with van der Waals surface area (Å²) in [5.74, 6) is 1.53. The highest BCUT2D eigenvalue weighted by Crippen LogP contribution is 2.22. The molecule has 0 aromatic carbocycles. The van der Waals surface area contributed by atoms with Crippen molar-refractivity contribution in [2.45, 2.75) is 6.92 Å². The highest BCUT2D eigenvalue weighted by atomic mass is 127. The molecule has 0 amide bonds. The normalized spacial score (nSPS) is 10.3. The summed E-state index contributed by atoms with van der Waals surface area (Å²) in [6.07, 6.45) is 0. The van der Waals surface area contributed by atoms with Crippen molar-refractivity contribution < 1.29 is 0 Å². The fourth-order valence-corrected chi connectivity index (χ4v) is 2.20. The second-order valence-corrected chi connectivity index (χ2v) is 4.72. The monoisotopic (exact) mass is 332 g/mol. The van der Waals surface area contributed by atoms with Gasteiger partial charge >= 0.3 is 0 Å². The molecular formula is C9H9IN4S. The van der Waals surface area contributed by atoms with E-state index in [2.05, 4.69) is 42.9 Å². The predicted octanol–water partition coefficient (Wildman–Crippen LogP) is 2.55. The van der Waals surface area contributed by atoms with Crippen LogP contribution >= 0.6 is 33.9 Å². The number of aryl methyl sites for hydroxylation is 1. The van der Waals surface area contributed by atoms with E-state index >= 15 is 0 Å². The van der Waals surface area contributed by atoms with Crippen molar-refractivity contribution in [3.05, 3.63) is 20.2 Å². The Balaban J connectivity index is 2.55. The number of halogens is 1. The van der Waals surface area contributed by atoms with Crippen LogP contribution in [0.4, 0.5) is 5.82 Å². The Kier molecular flexibility index (Phi) is 3.15. The summed E-state index contributed by atoms with van der Waals surface area (Å²) in [7, 11) is 1.86. The molecule has 2 heterocycles. The number of thiazole rings is 1. The number of nitrogens with one attached hydrogen (secondary N) is 1. The molecule has 4 nitrogen and oxygen atoms in total. The zero-order valence-corrected chi connectivity index (χ0v) is 11.3. The molecule has 2 aromatic rings. The molecule has 0 atom stereocenters. The van der Waals surface area contributed by atoms with E-state index in [1.54, 1.807) is 16.8 Å². The summed E-state index contributed by atoms with van der Waals surface area (Å²) in [5, 5.41) is 5.00. The SMILES string of the molecule is CNc1nc(-c2cscn2)nc(C)c1I. The molecule has 0 aliphatic carbocycles. The van der Waals surface area contributed by atoms with Crippen molar-refractivity contribution in [3.8, 4) is 11.5 Å². The van der Waals surface area contributed by atoms with Gasteiger partial charge in [-0.15, -0.1) is 11.3 Å². The van der Waals surface area contributed by atoms with E-state index in [-0.39, 0.29) is 0 Å². The Hall–Kier alpha value is -0.760. The Labute approximate surface area is 105 Å². The maximum atomic E-state index is 4.41. The lowest BCUT2D eigenvalue weighted by Gasteiger charge is -2.06. The molecule has 0 fully saturated rings. The molecule has 0 saturated carbocycles. The average molecular weight is 332 g/mol. The van der Waals surface area contributed by atoms with Gasteiger partial charge in [-0.1, -0.05) is 0 Å². The van der Waals surface area contributed by atoms with Crippen molar-refractivity contribution in [3.63, 3.8) is 0 Å². The van der Waals surface area contributed by atoms with Crippen LogP contribution in [-0.4, -0.2) is 22.0 Å². The van der Waals surface area contributed by atoms with Crippen LogP contribution in [0.15, 0.2) is 10.9 Å². The van der Waals surface area contributed by atoms with E-state index in [1.165, 1.54) is 0 Å². The standard InChI is InChI=1S/C9H9IN4S/c1-5-7(10)9(11-2)14-8(13-5)6-3-15-4-12-6/h3-4H,1-2H3,(H,11,13,14). The van der Waals surface area contributed by atoms with Crippen LogP contribution in [0.2, 0.25) is 0 Å². The Bertz CT molecular complexity index is 469. The summed E-state index contributed by atoms with van der Waals surface area (Å²) in [4.78, 5) is 13.0. The third-order valence-electron chi connectivity index (χ3n) is 1.92. The number of aromatic nitrogens is 3. The van der Waals surface area contributed by atoms with Gasteiger partial charge in [0.05, 0.1) is 14.8 Å². The number of nitrogens with zero attached hydrogens (tertiary/aromatic N) is 3. The molecular weight excluding hydrogens is 323 g/mol. The van der Waals surface area contributed by atoms with Gasteiger partial charge in [0.1, 0.15) is 11.5 Å². The summed E-state index contributed by atoms with van der Waals surface area (Å²) < 4.78 is 1.05. The molecule has 0 bridgehead atoms. The van der Waals surface area contributed by atoms with Gasteiger partial charge in [-0.05, 0) is 29.5 Å². The quantitative estimate of drug-likeness (QED) is 0.859. The van der Waals surface area contributed by atoms with Crippen LogP contribution in [0.25, 0.3) is 11.5 Å². The topological polar surface area (TPSA) is 50.7 Å². The average Bonchev–Trinajstić information content (AvgIpc) is 2.75. The molecule has 78 valence electrons. The smallest absolute Gasteiger partial charge is 0.181 e. The lowest BCUT2D eigenvalue weighted by Crippen LogP contribution is -2.02. The Morgan fingerprint density at radius 1 is 1.40 bits per heavy atom. The van der Waals surface area contributed by atoms with Crippen LogP contribution < -0.4 is 5.32 Å². The van der Waals surface area contributed by atoms with Crippen LogP contribution in [0, 0.1) is 10.5 Å². The van der Waals surface area contributed by atoms with Gasteiger partial charge < -0.3 is 5.32 Å². The van der Waals surface area contributed by atoms with Crippen LogP contribution in [0.5, 0.6) is 0 Å². The Morgan fingerprint density at radius 3 is 2.80 bits per heavy atom. The summed E-state index contributed by atoms with van der Waals surface area (Å²) in [6.45, 7) is 1.97. The predicted molar refractivity (Wildman–Crippen MR) is 70.1 cm³/mol. The summed E-state index contributed by atoms with van der Waals surface area (Å²) >= 11 is 3.78. The van der Waals surface area contributed by atoms with Gasteiger partial charge in [-0.3, -0.25) is 0 Å². The molecule has 0 saturated heterocycles. The van der Waals surface area contributed by atoms with E-state index in [9.17, 15) is 0 Å². The first-order valence-electron chi connectivity index (χ1n) is 4.33. The number of hydrogen-bond donors (Lipinski definition) is 1. The van der Waals surface area contributed by atoms with E-state index in [0.29, 0.717) is 5.82 Å². The van der Waals surface area contributed by atoms with E-state index in [4.69, 9.17) is 0 Å². The highest BCUT2D eigenvalue weighted by Gasteiger charge is 2.10. The number of rotatable bonds is 2. The summed E-state index contributed by atoms with van der Waals surface area (Å²) in [5.41, 5.74) is 3.58. The third kappa shape index (κ3) is 2.10. The van der Waals surface area contributed by atoms with Crippen LogP contribution in [0.3, 0.4) is 0 Å². The maximum absolute atomic E-state index is 4.41. The molecule has 15 heavy (non-hydrogen) atoms. The van der Waals surface area contributed by atoms with Gasteiger partial charge in [-0.2, -0.15) is 0 Å². The van der Waals surface area contributed by atoms with Crippen molar-refractivity contribution in [2.24, 2.45) is 0 Å². The lowest BCUT2D eigenvalue weighted by molar-refractivity contribution is 1.08. The van der Waals surface area contributed by atoms with Gasteiger partial charge in [0.2, 0.25) is 0 Å². The van der Waals surface area contributed by atoms with Crippen LogP contribution in [0.1, 0.15) is 5.69 Å². The number of hydrogen-bond acceptors (Lipinski definition) is 5. The van der Waals surface area contributed by atoms with Crippen molar-refractivity contribution in [1.82, 2.24) is 15.0 Å². The molecule has 2 rings (SSSR count). The van der Waals surface area contributed by atoms with E-state index in [0.717, 1.165) is 20.8 Å². The highest BCUT2D eigenvalue weighted by molar-refractivity contribution is 14.1. The summed E-state index contributed by atoms with van der Waals surface area (Å²) in [6, 6.07) is 0. The molecule has 0 aliphatic rings. The van der Waals surface area contributed by atoms with Crippen LogP contribution in [-0.2, 0) is 0 Å². The molecule has 2 aromatic heterocycles. The first kappa shape index (κ1) is 10.7. The molecule has 0 aliphatic heterocycles. The van der Waals surface area contributed by atoms with Gasteiger partial charge in [-0.25, -0.2) is 15.0 Å². The lowest BCUT2D eigenvalue weighted by atomic mass is 10.3. The Morgan fingerprint density at radius 2 is 2.20 bits per heavy atom. The van der Waals surface area contributed by atoms with Gasteiger partial charge in [0.25, 0.3) is 0 Å². The molecule has 0 spiro atoms. The minimum Gasteiger partial charge on any atom is -0.372 e. The zero-order valence-electron chi connectivity index (χ0n) is 8.28. The largest absolute Gasteiger partial charge is 0.372 e. The fraction of sp³-hybridized carbons (Fsp3) is 0.222. The van der Waals surface area contributed by atoms with E-state index in [1.807, 2.05) is 19.4 Å². The van der Waals surface area contributed by atoms with Crippen molar-refractivity contribution in [2.75, 3.05) is 12.4 Å². The molecule has 0 unspecified atom stereocenters. The second-order valence-electron chi connectivity index (χ2n) is 2.92. The first-order valence-corrected chi connectivity index (χ1v) is 6.35. The molecule has 6 heteroatoms. The second kappa shape index (κ2) is 4.40. The minimum atomic E-state index is 0.679. The number of anilines is 1. The van der Waals surface area contributed by atoms with Crippen molar-refractivity contribution >= 4 is 39.7 Å². The minimum absolute atomic E-state index is 0.679. The van der Waals surface area contributed by atoms with Gasteiger partial charge in [0, 0.05) is 12.4 Å². The van der Waals surface area contributed by atoms with Gasteiger partial charge in [0.15, 0.2) is 5.82 Å². The third-order valence-corrected chi connectivity index (χ3v) is 3.79. The zero-order chi connectivity index (χ0) is 10.8.